The van der Waals surface area contributed by atoms with E-state index in [1.165, 1.54) is 18.7 Å². The van der Waals surface area contributed by atoms with Crippen LogP contribution in [0, 0.1) is 11.3 Å². The standard InChI is InChI=1S/C30H19ClN2O3S/c1-18(34)24-14-22-13-19(7-12-28(22)36-30(24)35)17-37-29-26(16-32)25(20-5-3-2-4-6-20)15-27(33-29)21-8-10-23(31)11-9-21/h2-15H,17H2,1H3. The van der Waals surface area contributed by atoms with E-state index >= 15 is 0 Å². The quantitative estimate of drug-likeness (QED) is 0.130. The molecule has 2 heterocycles. The number of thioether (sulfide) groups is 1. The maximum Gasteiger partial charge on any atom is 0.347 e. The molecule has 0 aliphatic heterocycles. The summed E-state index contributed by atoms with van der Waals surface area (Å²) in [4.78, 5) is 28.7. The summed E-state index contributed by atoms with van der Waals surface area (Å²) in [5.74, 6) is 0.176. The Morgan fingerprint density at radius 1 is 1.00 bits per heavy atom. The number of fused-ring (bicyclic) bond motifs is 1. The zero-order chi connectivity index (χ0) is 25.9. The van der Waals surface area contributed by atoms with E-state index in [-0.39, 0.29) is 11.3 Å². The number of hydrogen-bond acceptors (Lipinski definition) is 6. The molecule has 0 aliphatic carbocycles. The fourth-order valence-corrected chi connectivity index (χ4v) is 5.08. The van der Waals surface area contributed by atoms with Gasteiger partial charge in [-0.2, -0.15) is 5.26 Å². The zero-order valence-corrected chi connectivity index (χ0v) is 21.3. The van der Waals surface area contributed by atoms with Crippen LogP contribution >= 0.6 is 23.4 Å². The van der Waals surface area contributed by atoms with Gasteiger partial charge in [0.1, 0.15) is 22.2 Å². The number of Topliss-reactive ketones (excluding diaryl/α,β-unsaturated/α-hetero) is 1. The highest BCUT2D eigenvalue weighted by molar-refractivity contribution is 7.98. The van der Waals surface area contributed by atoms with Crippen molar-refractivity contribution in [3.63, 3.8) is 0 Å². The van der Waals surface area contributed by atoms with Gasteiger partial charge in [-0.25, -0.2) is 9.78 Å². The summed E-state index contributed by atoms with van der Waals surface area (Å²) in [5.41, 5.74) is 4.59. The van der Waals surface area contributed by atoms with Crippen LogP contribution < -0.4 is 5.63 Å². The van der Waals surface area contributed by atoms with Crippen LogP contribution in [0.3, 0.4) is 0 Å². The number of ketones is 1. The Hall–Kier alpha value is -4.18. The summed E-state index contributed by atoms with van der Waals surface area (Å²) in [6.07, 6.45) is 0. The summed E-state index contributed by atoms with van der Waals surface area (Å²) in [6, 6.07) is 28.5. The molecule has 7 heteroatoms. The van der Waals surface area contributed by atoms with Gasteiger partial charge in [-0.1, -0.05) is 60.1 Å². The largest absolute Gasteiger partial charge is 0.422 e. The maximum absolute atomic E-state index is 12.0. The predicted molar refractivity (Wildman–Crippen MR) is 147 cm³/mol. The second kappa shape index (κ2) is 10.4. The number of carbonyl (C=O) groups excluding carboxylic acids is 1. The third-order valence-corrected chi connectivity index (χ3v) is 7.17. The fraction of sp³-hybridized carbons (Fsp3) is 0.0667. The van der Waals surface area contributed by atoms with E-state index in [0.29, 0.717) is 32.3 Å². The van der Waals surface area contributed by atoms with Gasteiger partial charge in [-0.15, -0.1) is 11.8 Å². The lowest BCUT2D eigenvalue weighted by molar-refractivity contribution is 0.101. The molecule has 0 saturated heterocycles. The Bertz CT molecular complexity index is 1740. The average Bonchev–Trinajstić information content (AvgIpc) is 2.91. The molecule has 0 spiro atoms. The van der Waals surface area contributed by atoms with Crippen molar-refractivity contribution in [1.82, 2.24) is 4.98 Å². The van der Waals surface area contributed by atoms with Crippen LogP contribution in [0.15, 0.2) is 99.2 Å². The number of benzene rings is 3. The number of pyridine rings is 1. The van der Waals surface area contributed by atoms with Gasteiger partial charge in [0.2, 0.25) is 0 Å². The van der Waals surface area contributed by atoms with E-state index in [4.69, 9.17) is 21.0 Å². The van der Waals surface area contributed by atoms with E-state index in [9.17, 15) is 14.9 Å². The molecule has 3 aromatic carbocycles. The smallest absolute Gasteiger partial charge is 0.347 e. The van der Waals surface area contributed by atoms with Crippen molar-refractivity contribution in [3.05, 3.63) is 117 Å². The minimum absolute atomic E-state index is 0.0221. The molecule has 0 saturated carbocycles. The molecule has 5 rings (SSSR count). The number of carbonyl (C=O) groups is 1. The first-order valence-corrected chi connectivity index (χ1v) is 12.8. The third kappa shape index (κ3) is 5.19. The van der Waals surface area contributed by atoms with Gasteiger partial charge < -0.3 is 4.42 Å². The molecule has 0 atom stereocenters. The topological polar surface area (TPSA) is 84.0 Å². The highest BCUT2D eigenvalue weighted by Gasteiger charge is 2.17. The molecule has 5 aromatic rings. The van der Waals surface area contributed by atoms with E-state index in [2.05, 4.69) is 6.07 Å². The van der Waals surface area contributed by atoms with Gasteiger partial charge in [-0.3, -0.25) is 4.79 Å². The Balaban J connectivity index is 1.56. The average molecular weight is 523 g/mol. The van der Waals surface area contributed by atoms with Crippen LogP contribution in [0.1, 0.15) is 28.4 Å². The Labute approximate surface area is 222 Å². The minimum atomic E-state index is -0.641. The zero-order valence-electron chi connectivity index (χ0n) is 19.7. The molecular formula is C30H19ClN2O3S. The van der Waals surface area contributed by atoms with Crippen LogP contribution in [0.4, 0.5) is 0 Å². The lowest BCUT2D eigenvalue weighted by atomic mass is 9.99. The number of nitrogens with zero attached hydrogens (tertiary/aromatic N) is 2. The highest BCUT2D eigenvalue weighted by atomic mass is 35.5. The summed E-state index contributed by atoms with van der Waals surface area (Å²) in [7, 11) is 0. The second-order valence-electron chi connectivity index (χ2n) is 8.38. The summed E-state index contributed by atoms with van der Waals surface area (Å²) >= 11 is 7.54. The summed E-state index contributed by atoms with van der Waals surface area (Å²) < 4.78 is 5.30. The Morgan fingerprint density at radius 3 is 2.46 bits per heavy atom. The molecule has 2 aromatic heterocycles. The van der Waals surface area contributed by atoms with Gasteiger partial charge in [0.25, 0.3) is 0 Å². The lowest BCUT2D eigenvalue weighted by Gasteiger charge is -2.13. The normalized spacial score (nSPS) is 10.8. The van der Waals surface area contributed by atoms with E-state index in [1.54, 1.807) is 12.1 Å². The molecule has 0 fully saturated rings. The number of hydrogen-bond donors (Lipinski definition) is 0. The molecule has 0 bridgehead atoms. The van der Waals surface area contributed by atoms with Crippen molar-refractivity contribution in [2.45, 2.75) is 17.7 Å². The van der Waals surface area contributed by atoms with Crippen LogP contribution in [0.5, 0.6) is 0 Å². The second-order valence-corrected chi connectivity index (χ2v) is 9.78. The van der Waals surface area contributed by atoms with Crippen molar-refractivity contribution < 1.29 is 9.21 Å². The first-order chi connectivity index (χ1) is 17.9. The molecular weight excluding hydrogens is 504 g/mol. The lowest BCUT2D eigenvalue weighted by Crippen LogP contribution is -2.10. The van der Waals surface area contributed by atoms with Crippen molar-refractivity contribution in [2.24, 2.45) is 0 Å². The fourth-order valence-electron chi connectivity index (χ4n) is 4.01. The molecule has 180 valence electrons. The Morgan fingerprint density at radius 2 is 1.76 bits per heavy atom. The highest BCUT2D eigenvalue weighted by Crippen LogP contribution is 2.35. The number of nitriles is 1. The minimum Gasteiger partial charge on any atom is -0.422 e. The number of rotatable bonds is 6. The van der Waals surface area contributed by atoms with E-state index < -0.39 is 5.63 Å². The molecule has 0 unspecified atom stereocenters. The monoisotopic (exact) mass is 522 g/mol. The van der Waals surface area contributed by atoms with Crippen LogP contribution in [0.2, 0.25) is 5.02 Å². The van der Waals surface area contributed by atoms with Gasteiger partial charge >= 0.3 is 5.63 Å². The SMILES string of the molecule is CC(=O)c1cc2cc(CSc3nc(-c4ccc(Cl)cc4)cc(-c4ccccc4)c3C#N)ccc2oc1=O. The van der Waals surface area contributed by atoms with Gasteiger partial charge in [-0.05, 0) is 54.4 Å². The van der Waals surface area contributed by atoms with Crippen LogP contribution in [-0.4, -0.2) is 10.8 Å². The Kier molecular flexibility index (Phi) is 6.91. The van der Waals surface area contributed by atoms with Crippen molar-refractivity contribution >= 4 is 40.1 Å². The van der Waals surface area contributed by atoms with Crippen molar-refractivity contribution in [3.8, 4) is 28.5 Å². The van der Waals surface area contributed by atoms with Gasteiger partial charge in [0.05, 0.1) is 11.3 Å². The van der Waals surface area contributed by atoms with Gasteiger partial charge in [0.15, 0.2) is 5.78 Å². The van der Waals surface area contributed by atoms with Gasteiger partial charge in [0, 0.05) is 27.3 Å². The molecule has 0 radical (unpaired) electrons. The molecule has 5 nitrogen and oxygen atoms in total. The maximum atomic E-state index is 12.0. The summed E-state index contributed by atoms with van der Waals surface area (Å²) in [5, 5.41) is 12.0. The van der Waals surface area contributed by atoms with Crippen LogP contribution in [-0.2, 0) is 5.75 Å². The molecule has 0 amide bonds. The van der Waals surface area contributed by atoms with Crippen LogP contribution in [0.25, 0.3) is 33.4 Å². The first-order valence-electron chi connectivity index (χ1n) is 11.4. The van der Waals surface area contributed by atoms with Crippen molar-refractivity contribution in [1.29, 1.82) is 5.26 Å². The predicted octanol–water partition coefficient (Wildman–Crippen LogP) is 7.54. The summed E-state index contributed by atoms with van der Waals surface area (Å²) in [6.45, 7) is 1.34. The first kappa shape index (κ1) is 24.5. The molecule has 0 aliphatic rings. The number of halogens is 1. The van der Waals surface area contributed by atoms with E-state index in [0.717, 1.165) is 27.9 Å². The number of aromatic nitrogens is 1. The molecule has 37 heavy (non-hydrogen) atoms. The third-order valence-electron chi connectivity index (χ3n) is 5.87. The molecule has 0 N–H and O–H groups in total. The van der Waals surface area contributed by atoms with Crippen molar-refractivity contribution in [2.75, 3.05) is 0 Å². The van der Waals surface area contributed by atoms with E-state index in [1.807, 2.05) is 72.8 Å².